The molecule has 0 spiro atoms. The summed E-state index contributed by atoms with van der Waals surface area (Å²) in [6.45, 7) is 3.62. The SMILES string of the molecule is C=CCCCCC[C@H](Nc1ccc(F)c(OC(F)(F)F)c1)C(=O)OC. The van der Waals surface area contributed by atoms with Gasteiger partial charge in [0.2, 0.25) is 0 Å². The fraction of sp³-hybridized carbons (Fsp3) is 0.471. The van der Waals surface area contributed by atoms with E-state index in [-0.39, 0.29) is 5.69 Å². The van der Waals surface area contributed by atoms with Gasteiger partial charge in [-0.15, -0.1) is 19.8 Å². The number of carbonyl (C=O) groups is 1. The first-order valence-corrected chi connectivity index (χ1v) is 7.77. The smallest absolute Gasteiger partial charge is 0.467 e. The number of ether oxygens (including phenoxy) is 2. The Morgan fingerprint density at radius 3 is 2.64 bits per heavy atom. The first-order valence-electron chi connectivity index (χ1n) is 7.77. The van der Waals surface area contributed by atoms with Crippen molar-refractivity contribution in [3.63, 3.8) is 0 Å². The lowest BCUT2D eigenvalue weighted by atomic mass is 10.1. The van der Waals surface area contributed by atoms with E-state index in [1.807, 2.05) is 0 Å². The van der Waals surface area contributed by atoms with Gasteiger partial charge in [-0.3, -0.25) is 0 Å². The molecule has 0 saturated carbocycles. The summed E-state index contributed by atoms with van der Waals surface area (Å²) >= 11 is 0. The molecule has 0 amide bonds. The summed E-state index contributed by atoms with van der Waals surface area (Å²) in [5.41, 5.74) is 0.127. The number of anilines is 1. The summed E-state index contributed by atoms with van der Waals surface area (Å²) in [7, 11) is 1.22. The summed E-state index contributed by atoms with van der Waals surface area (Å²) in [6.07, 6.45) is 0.602. The molecule has 0 saturated heterocycles. The van der Waals surface area contributed by atoms with Crippen LogP contribution in [-0.2, 0) is 9.53 Å². The monoisotopic (exact) mass is 363 g/mol. The van der Waals surface area contributed by atoms with Gasteiger partial charge in [0.05, 0.1) is 7.11 Å². The summed E-state index contributed by atoms with van der Waals surface area (Å²) in [6, 6.07) is 2.17. The zero-order valence-electron chi connectivity index (χ0n) is 13.9. The number of carbonyl (C=O) groups excluding carboxylic acids is 1. The van der Waals surface area contributed by atoms with Gasteiger partial charge in [0.1, 0.15) is 6.04 Å². The number of methoxy groups -OCH3 is 1. The number of rotatable bonds is 10. The van der Waals surface area contributed by atoms with Crippen LogP contribution in [0.15, 0.2) is 30.9 Å². The Kier molecular flexibility index (Phi) is 8.24. The maximum Gasteiger partial charge on any atom is 0.573 e. The summed E-state index contributed by atoms with van der Waals surface area (Å²) in [4.78, 5) is 11.8. The Balaban J connectivity index is 2.77. The topological polar surface area (TPSA) is 47.6 Å². The van der Waals surface area contributed by atoms with E-state index in [1.165, 1.54) is 13.2 Å². The molecule has 1 rings (SSSR count). The van der Waals surface area contributed by atoms with Gasteiger partial charge < -0.3 is 14.8 Å². The highest BCUT2D eigenvalue weighted by molar-refractivity contribution is 5.79. The third kappa shape index (κ3) is 7.91. The van der Waals surface area contributed by atoms with Gasteiger partial charge in [-0.2, -0.15) is 0 Å². The fourth-order valence-corrected chi connectivity index (χ4v) is 2.20. The first-order chi connectivity index (χ1) is 11.8. The van der Waals surface area contributed by atoms with E-state index in [9.17, 15) is 22.4 Å². The number of unbranched alkanes of at least 4 members (excludes halogenated alkanes) is 3. The Labute approximate surface area is 143 Å². The molecule has 0 heterocycles. The minimum atomic E-state index is -5.01. The van der Waals surface area contributed by atoms with Crippen LogP contribution in [0.25, 0.3) is 0 Å². The number of halogens is 4. The number of hydrogen-bond acceptors (Lipinski definition) is 4. The highest BCUT2D eigenvalue weighted by Gasteiger charge is 2.32. The van der Waals surface area contributed by atoms with Gasteiger partial charge in [0.15, 0.2) is 11.6 Å². The average Bonchev–Trinajstić information content (AvgIpc) is 2.54. The standard InChI is InChI=1S/C17H21F4NO3/c1-3-4-5-6-7-8-14(16(23)24-2)22-12-9-10-13(18)15(11-12)25-17(19,20)21/h3,9-11,14,22H,1,4-8H2,2H3/t14-/m0/s1. The normalized spacial score (nSPS) is 12.4. The second-order valence-electron chi connectivity index (χ2n) is 5.34. The van der Waals surface area contributed by atoms with E-state index >= 15 is 0 Å². The predicted octanol–water partition coefficient (Wildman–Crippen LogP) is 4.81. The average molecular weight is 363 g/mol. The molecular formula is C17H21F4NO3. The van der Waals surface area contributed by atoms with E-state index in [2.05, 4.69) is 16.6 Å². The second-order valence-corrected chi connectivity index (χ2v) is 5.34. The van der Waals surface area contributed by atoms with E-state index in [1.54, 1.807) is 6.08 Å². The lowest BCUT2D eigenvalue weighted by Gasteiger charge is -2.18. The molecule has 1 atom stereocenters. The second kappa shape index (κ2) is 9.90. The zero-order chi connectivity index (χ0) is 18.9. The van der Waals surface area contributed by atoms with Gasteiger partial charge in [-0.1, -0.05) is 18.9 Å². The van der Waals surface area contributed by atoms with Crippen molar-refractivity contribution in [2.45, 2.75) is 44.5 Å². The van der Waals surface area contributed by atoms with Crippen molar-refractivity contribution >= 4 is 11.7 Å². The lowest BCUT2D eigenvalue weighted by Crippen LogP contribution is -2.30. The molecule has 4 nitrogen and oxygen atoms in total. The molecule has 0 aliphatic heterocycles. The Bertz CT molecular complexity index is 576. The van der Waals surface area contributed by atoms with Crippen LogP contribution in [0.2, 0.25) is 0 Å². The Morgan fingerprint density at radius 1 is 1.32 bits per heavy atom. The summed E-state index contributed by atoms with van der Waals surface area (Å²) in [5, 5.41) is 2.77. The fourth-order valence-electron chi connectivity index (χ4n) is 2.20. The van der Waals surface area contributed by atoms with Crippen LogP contribution >= 0.6 is 0 Å². The molecule has 0 radical (unpaired) electrons. The molecule has 1 N–H and O–H groups in total. The predicted molar refractivity (Wildman–Crippen MR) is 85.8 cm³/mol. The molecule has 8 heteroatoms. The maximum absolute atomic E-state index is 13.4. The number of alkyl halides is 3. The van der Waals surface area contributed by atoms with E-state index in [4.69, 9.17) is 4.74 Å². The molecular weight excluding hydrogens is 342 g/mol. The van der Waals surface area contributed by atoms with Crippen molar-refractivity contribution < 1.29 is 31.8 Å². The number of allylic oxidation sites excluding steroid dienone is 1. The van der Waals surface area contributed by atoms with Crippen LogP contribution in [0.4, 0.5) is 23.2 Å². The van der Waals surface area contributed by atoms with Crippen molar-refractivity contribution in [1.29, 1.82) is 0 Å². The molecule has 1 aromatic carbocycles. The van der Waals surface area contributed by atoms with E-state index in [0.29, 0.717) is 12.8 Å². The summed E-state index contributed by atoms with van der Waals surface area (Å²) < 4.78 is 58.6. The first kappa shape index (κ1) is 20.8. The minimum absolute atomic E-state index is 0.127. The van der Waals surface area contributed by atoms with Crippen molar-refractivity contribution in [1.82, 2.24) is 0 Å². The molecule has 0 bridgehead atoms. The highest BCUT2D eigenvalue weighted by atomic mass is 19.4. The van der Waals surface area contributed by atoms with Crippen LogP contribution in [0.5, 0.6) is 5.75 Å². The Hall–Kier alpha value is -2.25. The van der Waals surface area contributed by atoms with Crippen molar-refractivity contribution in [2.75, 3.05) is 12.4 Å². The van der Waals surface area contributed by atoms with Crippen LogP contribution in [0.3, 0.4) is 0 Å². The van der Waals surface area contributed by atoms with Crippen LogP contribution in [0, 0.1) is 5.82 Å². The molecule has 1 aromatic rings. The van der Waals surface area contributed by atoms with Gasteiger partial charge in [-0.05, 0) is 31.4 Å². The molecule has 0 unspecified atom stereocenters. The van der Waals surface area contributed by atoms with Crippen molar-refractivity contribution in [2.24, 2.45) is 0 Å². The quantitative estimate of drug-likeness (QED) is 0.280. The van der Waals surface area contributed by atoms with Gasteiger partial charge in [0, 0.05) is 11.8 Å². The molecule has 140 valence electrons. The number of nitrogens with one attached hydrogen (secondary N) is 1. The highest BCUT2D eigenvalue weighted by Crippen LogP contribution is 2.28. The van der Waals surface area contributed by atoms with Crippen LogP contribution < -0.4 is 10.1 Å². The van der Waals surface area contributed by atoms with E-state index < -0.39 is 29.9 Å². The molecule has 0 aliphatic rings. The number of hydrogen-bond donors (Lipinski definition) is 1. The largest absolute Gasteiger partial charge is 0.573 e. The summed E-state index contributed by atoms with van der Waals surface area (Å²) in [5.74, 6) is -2.67. The molecule has 0 aromatic heterocycles. The van der Waals surface area contributed by atoms with Crippen LogP contribution in [0.1, 0.15) is 32.1 Å². The Morgan fingerprint density at radius 2 is 2.04 bits per heavy atom. The van der Waals surface area contributed by atoms with Gasteiger partial charge in [0.25, 0.3) is 0 Å². The van der Waals surface area contributed by atoms with Crippen molar-refractivity contribution in [3.05, 3.63) is 36.7 Å². The van der Waals surface area contributed by atoms with Gasteiger partial charge in [-0.25, -0.2) is 9.18 Å². The molecule has 25 heavy (non-hydrogen) atoms. The van der Waals surface area contributed by atoms with Crippen LogP contribution in [-0.4, -0.2) is 25.5 Å². The molecule has 0 fully saturated rings. The number of esters is 1. The number of benzene rings is 1. The lowest BCUT2D eigenvalue weighted by molar-refractivity contribution is -0.275. The third-order valence-electron chi connectivity index (χ3n) is 3.38. The maximum atomic E-state index is 13.4. The zero-order valence-corrected chi connectivity index (χ0v) is 13.9. The minimum Gasteiger partial charge on any atom is -0.467 e. The van der Waals surface area contributed by atoms with Crippen molar-refractivity contribution in [3.8, 4) is 5.75 Å². The van der Waals surface area contributed by atoms with E-state index in [0.717, 1.165) is 31.4 Å². The third-order valence-corrected chi connectivity index (χ3v) is 3.38. The molecule has 0 aliphatic carbocycles. The van der Waals surface area contributed by atoms with Gasteiger partial charge >= 0.3 is 12.3 Å².